The van der Waals surface area contributed by atoms with E-state index in [1.165, 1.54) is 0 Å². The summed E-state index contributed by atoms with van der Waals surface area (Å²) in [4.78, 5) is 7.40. The maximum absolute atomic E-state index is 6.12. The monoisotopic (exact) mass is 366 g/mol. The van der Waals surface area contributed by atoms with Crippen LogP contribution in [0.4, 0.5) is 0 Å². The molecule has 0 aliphatic rings. The van der Waals surface area contributed by atoms with E-state index in [0.717, 1.165) is 44.4 Å². The summed E-state index contributed by atoms with van der Waals surface area (Å²) < 4.78 is 6.12. The summed E-state index contributed by atoms with van der Waals surface area (Å²) in [5, 5.41) is 12.0. The molecule has 0 bridgehead atoms. The zero-order valence-corrected chi connectivity index (χ0v) is 15.4. The van der Waals surface area contributed by atoms with Gasteiger partial charge in [0.05, 0.1) is 5.69 Å². The van der Waals surface area contributed by atoms with Crippen molar-refractivity contribution in [3.63, 3.8) is 0 Å². The number of fused-ring (bicyclic) bond motifs is 2. The van der Waals surface area contributed by atoms with Crippen LogP contribution in [0.2, 0.25) is 0 Å². The van der Waals surface area contributed by atoms with Crippen LogP contribution in [0.1, 0.15) is 17.0 Å². The van der Waals surface area contributed by atoms with Crippen molar-refractivity contribution in [1.29, 1.82) is 0 Å². The third-order valence-electron chi connectivity index (χ3n) is 4.79. The SMILES string of the molecule is Cc1cc2cc(Oc3nnc(Cc4ccncc4)c4ccccc34)ccc2[nH]1. The summed E-state index contributed by atoms with van der Waals surface area (Å²) >= 11 is 0. The average molecular weight is 366 g/mol. The Balaban J connectivity index is 1.53. The summed E-state index contributed by atoms with van der Waals surface area (Å²) in [6.07, 6.45) is 4.29. The number of nitrogens with one attached hydrogen (secondary N) is 1. The Hall–Kier alpha value is -3.73. The Kier molecular flexibility index (Phi) is 3.98. The number of hydrogen-bond donors (Lipinski definition) is 1. The topological polar surface area (TPSA) is 63.7 Å². The van der Waals surface area contributed by atoms with Gasteiger partial charge in [0.1, 0.15) is 5.75 Å². The molecule has 1 N–H and O–H groups in total. The van der Waals surface area contributed by atoms with Gasteiger partial charge in [-0.2, -0.15) is 5.10 Å². The Morgan fingerprint density at radius 1 is 0.893 bits per heavy atom. The molecule has 3 heterocycles. The fourth-order valence-corrected chi connectivity index (χ4v) is 3.47. The Morgan fingerprint density at radius 3 is 2.57 bits per heavy atom. The van der Waals surface area contributed by atoms with Crippen molar-refractivity contribution in [3.8, 4) is 11.6 Å². The fourth-order valence-electron chi connectivity index (χ4n) is 3.47. The number of ether oxygens (including phenoxy) is 1. The third kappa shape index (κ3) is 3.07. The number of rotatable bonds is 4. The number of benzene rings is 2. The minimum atomic E-state index is 0.515. The van der Waals surface area contributed by atoms with Crippen LogP contribution in [0.15, 0.2) is 73.1 Å². The van der Waals surface area contributed by atoms with Crippen LogP contribution in [0, 0.1) is 6.92 Å². The van der Waals surface area contributed by atoms with Crippen molar-refractivity contribution in [3.05, 3.63) is 90.0 Å². The quantitative estimate of drug-likeness (QED) is 0.475. The number of nitrogens with zero attached hydrogens (tertiary/aromatic N) is 3. The number of aromatic amines is 1. The molecule has 5 aromatic rings. The number of aryl methyl sites for hydroxylation is 1. The van der Waals surface area contributed by atoms with Crippen LogP contribution in [0.5, 0.6) is 11.6 Å². The molecule has 0 amide bonds. The van der Waals surface area contributed by atoms with E-state index in [1.54, 1.807) is 12.4 Å². The zero-order chi connectivity index (χ0) is 18.9. The van der Waals surface area contributed by atoms with Gasteiger partial charge in [0, 0.05) is 46.2 Å². The van der Waals surface area contributed by atoms with Gasteiger partial charge in [-0.1, -0.05) is 18.2 Å². The van der Waals surface area contributed by atoms with Gasteiger partial charge in [-0.3, -0.25) is 4.98 Å². The average Bonchev–Trinajstić information content (AvgIpc) is 3.10. The molecular weight excluding hydrogens is 348 g/mol. The van der Waals surface area contributed by atoms with Crippen molar-refractivity contribution in [1.82, 2.24) is 20.2 Å². The van der Waals surface area contributed by atoms with Crippen molar-refractivity contribution in [2.45, 2.75) is 13.3 Å². The molecule has 0 spiro atoms. The van der Waals surface area contributed by atoms with E-state index >= 15 is 0 Å². The molecule has 5 heteroatoms. The van der Waals surface area contributed by atoms with E-state index in [9.17, 15) is 0 Å². The summed E-state index contributed by atoms with van der Waals surface area (Å²) in [6.45, 7) is 2.04. The van der Waals surface area contributed by atoms with Crippen LogP contribution in [0.25, 0.3) is 21.7 Å². The molecular formula is C23H18N4O. The van der Waals surface area contributed by atoms with E-state index in [0.29, 0.717) is 12.3 Å². The van der Waals surface area contributed by atoms with Crippen molar-refractivity contribution in [2.24, 2.45) is 0 Å². The minimum absolute atomic E-state index is 0.515. The van der Waals surface area contributed by atoms with Crippen LogP contribution in [0.3, 0.4) is 0 Å². The van der Waals surface area contributed by atoms with Crippen molar-refractivity contribution in [2.75, 3.05) is 0 Å². The minimum Gasteiger partial charge on any atom is -0.437 e. The van der Waals surface area contributed by atoms with Crippen molar-refractivity contribution < 1.29 is 4.74 Å². The lowest BCUT2D eigenvalue weighted by atomic mass is 10.1. The van der Waals surface area contributed by atoms with Gasteiger partial charge in [0.25, 0.3) is 0 Å². The summed E-state index contributed by atoms with van der Waals surface area (Å²) in [5.74, 6) is 1.26. The molecule has 28 heavy (non-hydrogen) atoms. The molecule has 136 valence electrons. The van der Waals surface area contributed by atoms with Gasteiger partial charge in [-0.15, -0.1) is 5.10 Å². The molecule has 2 aromatic carbocycles. The van der Waals surface area contributed by atoms with Crippen LogP contribution in [-0.2, 0) is 6.42 Å². The molecule has 0 unspecified atom stereocenters. The molecule has 0 saturated carbocycles. The normalized spacial score (nSPS) is 11.2. The van der Waals surface area contributed by atoms with Gasteiger partial charge >= 0.3 is 0 Å². The zero-order valence-electron chi connectivity index (χ0n) is 15.4. The predicted molar refractivity (Wildman–Crippen MR) is 110 cm³/mol. The molecule has 0 saturated heterocycles. The largest absolute Gasteiger partial charge is 0.437 e. The summed E-state index contributed by atoms with van der Waals surface area (Å²) in [5.41, 5.74) is 4.29. The standard InChI is InChI=1S/C23H18N4O/c1-15-12-17-14-18(6-7-21(17)25-15)28-23-20-5-3-2-4-19(20)22(26-27-23)13-16-8-10-24-11-9-16/h2-12,14,25H,13H2,1H3. The molecule has 5 nitrogen and oxygen atoms in total. The number of H-pyrrole nitrogens is 1. The number of aromatic nitrogens is 4. The van der Waals surface area contributed by atoms with E-state index in [-0.39, 0.29) is 0 Å². The van der Waals surface area contributed by atoms with E-state index < -0.39 is 0 Å². The molecule has 0 atom stereocenters. The Labute approximate surface area is 162 Å². The molecule has 0 aliphatic heterocycles. The fraction of sp³-hybridized carbons (Fsp3) is 0.0870. The first-order chi connectivity index (χ1) is 13.8. The molecule has 3 aromatic heterocycles. The van der Waals surface area contributed by atoms with Crippen LogP contribution >= 0.6 is 0 Å². The molecule has 0 radical (unpaired) electrons. The van der Waals surface area contributed by atoms with Gasteiger partial charge in [0.2, 0.25) is 5.88 Å². The van der Waals surface area contributed by atoms with Crippen molar-refractivity contribution >= 4 is 21.7 Å². The Bertz CT molecular complexity index is 1280. The van der Waals surface area contributed by atoms with Gasteiger partial charge in [-0.25, -0.2) is 0 Å². The highest BCUT2D eigenvalue weighted by Gasteiger charge is 2.12. The highest BCUT2D eigenvalue weighted by Crippen LogP contribution is 2.31. The molecule has 5 rings (SSSR count). The summed E-state index contributed by atoms with van der Waals surface area (Å²) in [7, 11) is 0. The van der Waals surface area contributed by atoms with E-state index in [2.05, 4.69) is 32.3 Å². The lowest BCUT2D eigenvalue weighted by molar-refractivity contribution is 0.461. The maximum atomic E-state index is 6.12. The van der Waals surface area contributed by atoms with Gasteiger partial charge in [0.15, 0.2) is 0 Å². The second kappa shape index (κ2) is 6.78. The first-order valence-electron chi connectivity index (χ1n) is 9.17. The Morgan fingerprint density at radius 2 is 1.71 bits per heavy atom. The second-order valence-electron chi connectivity index (χ2n) is 6.83. The second-order valence-corrected chi connectivity index (χ2v) is 6.83. The predicted octanol–water partition coefficient (Wildman–Crippen LogP) is 5.20. The number of pyridine rings is 1. The lowest BCUT2D eigenvalue weighted by Crippen LogP contribution is -1.99. The first kappa shape index (κ1) is 16.4. The number of hydrogen-bond acceptors (Lipinski definition) is 4. The molecule has 0 aliphatic carbocycles. The van der Waals surface area contributed by atoms with Crippen LogP contribution in [-0.4, -0.2) is 20.2 Å². The maximum Gasteiger partial charge on any atom is 0.246 e. The van der Waals surface area contributed by atoms with E-state index in [4.69, 9.17) is 4.74 Å². The van der Waals surface area contributed by atoms with Gasteiger partial charge < -0.3 is 9.72 Å². The first-order valence-corrected chi connectivity index (χ1v) is 9.17. The lowest BCUT2D eigenvalue weighted by Gasteiger charge is -2.10. The summed E-state index contributed by atoms with van der Waals surface area (Å²) in [6, 6.07) is 20.2. The van der Waals surface area contributed by atoms with Gasteiger partial charge in [-0.05, 0) is 55.0 Å². The smallest absolute Gasteiger partial charge is 0.246 e. The molecule has 0 fully saturated rings. The van der Waals surface area contributed by atoms with E-state index in [1.807, 2.05) is 55.5 Å². The highest BCUT2D eigenvalue weighted by molar-refractivity contribution is 5.89. The third-order valence-corrected chi connectivity index (χ3v) is 4.79. The van der Waals surface area contributed by atoms with Crippen LogP contribution < -0.4 is 4.74 Å². The highest BCUT2D eigenvalue weighted by atomic mass is 16.5.